The molecule has 0 spiro atoms. The van der Waals surface area contributed by atoms with Gasteiger partial charge in [-0.1, -0.05) is 24.8 Å². The fraction of sp³-hybridized carbons (Fsp3) is 0.200. The fourth-order valence-electron chi connectivity index (χ4n) is 2.60. The largest absolute Gasteiger partial charge is 0.330 e. The molecular weight excluding hydrogens is 240 g/mol. The van der Waals surface area contributed by atoms with Crippen LogP contribution in [0.15, 0.2) is 47.4 Å². The average molecular weight is 254 g/mol. The van der Waals surface area contributed by atoms with Gasteiger partial charge in [0.15, 0.2) is 0 Å². The summed E-state index contributed by atoms with van der Waals surface area (Å²) in [7, 11) is 1.73. The third-order valence-electron chi connectivity index (χ3n) is 3.60. The maximum absolute atomic E-state index is 12.4. The molecule has 1 aliphatic heterocycles. The van der Waals surface area contributed by atoms with Gasteiger partial charge in [0.1, 0.15) is 0 Å². The monoisotopic (exact) mass is 254 g/mol. The lowest BCUT2D eigenvalue weighted by atomic mass is 9.97. The predicted octanol–water partition coefficient (Wildman–Crippen LogP) is 1.66. The van der Waals surface area contributed by atoms with Crippen molar-refractivity contribution in [1.29, 1.82) is 0 Å². The van der Waals surface area contributed by atoms with E-state index in [9.17, 15) is 9.59 Å². The van der Waals surface area contributed by atoms with Crippen molar-refractivity contribution in [1.82, 2.24) is 9.88 Å². The number of aromatic nitrogens is 1. The number of nitrogens with one attached hydrogen (secondary N) is 1. The molecule has 2 aromatic rings. The normalized spacial score (nSPS) is 18.9. The molecule has 3 rings (SSSR count). The zero-order chi connectivity index (χ0) is 13.6. The Morgan fingerprint density at radius 3 is 2.74 bits per heavy atom. The van der Waals surface area contributed by atoms with Crippen LogP contribution >= 0.6 is 0 Å². The molecule has 4 nitrogen and oxygen atoms in total. The van der Waals surface area contributed by atoms with Crippen LogP contribution < -0.4 is 10.9 Å². The van der Waals surface area contributed by atoms with Gasteiger partial charge in [0.25, 0.3) is 5.56 Å². The predicted molar refractivity (Wildman–Crippen MR) is 73.8 cm³/mol. The molecule has 1 aromatic carbocycles. The van der Waals surface area contributed by atoms with Crippen molar-refractivity contribution in [2.45, 2.75) is 12.3 Å². The molecule has 1 amide bonds. The Hall–Kier alpha value is -2.36. The van der Waals surface area contributed by atoms with Gasteiger partial charge < -0.3 is 9.88 Å². The van der Waals surface area contributed by atoms with Crippen LogP contribution in [0.3, 0.4) is 0 Å². The van der Waals surface area contributed by atoms with Gasteiger partial charge in [-0.05, 0) is 17.5 Å². The Kier molecular flexibility index (Phi) is 2.52. The molecule has 1 aliphatic rings. The van der Waals surface area contributed by atoms with E-state index < -0.39 is 5.92 Å². The molecule has 1 atom stereocenters. The summed E-state index contributed by atoms with van der Waals surface area (Å²) in [5.74, 6) is -0.562. The number of aryl methyl sites for hydroxylation is 1. The van der Waals surface area contributed by atoms with E-state index >= 15 is 0 Å². The van der Waals surface area contributed by atoms with Crippen molar-refractivity contribution < 1.29 is 4.79 Å². The van der Waals surface area contributed by atoms with Crippen LogP contribution in [0.25, 0.3) is 10.9 Å². The highest BCUT2D eigenvalue weighted by Crippen LogP contribution is 2.27. The fourth-order valence-corrected chi connectivity index (χ4v) is 2.60. The Morgan fingerprint density at radius 1 is 1.32 bits per heavy atom. The number of allylic oxidation sites excluding steroid dienone is 1. The standard InChI is InChI=1S/C15H14N2O2/c1-9-7-11(14(18)16-9)12-8-10-5-3-4-6-13(10)17(2)15(12)19/h3-6,8,11H,1,7H2,2H3,(H,16,18). The number of carbonyl (C=O) groups excluding carboxylic acids is 1. The van der Waals surface area contributed by atoms with Gasteiger partial charge in [0.05, 0.1) is 11.4 Å². The number of amides is 1. The molecule has 19 heavy (non-hydrogen) atoms. The summed E-state index contributed by atoms with van der Waals surface area (Å²) >= 11 is 0. The number of rotatable bonds is 1. The molecule has 0 radical (unpaired) electrons. The summed E-state index contributed by atoms with van der Waals surface area (Å²) in [6.07, 6.45) is 0.492. The summed E-state index contributed by atoms with van der Waals surface area (Å²) in [6, 6.07) is 9.48. The Bertz CT molecular complexity index is 758. The van der Waals surface area contributed by atoms with Crippen LogP contribution in [0.5, 0.6) is 0 Å². The highest BCUT2D eigenvalue weighted by atomic mass is 16.2. The number of benzene rings is 1. The minimum atomic E-state index is -0.421. The summed E-state index contributed by atoms with van der Waals surface area (Å²) in [6.45, 7) is 3.75. The van der Waals surface area contributed by atoms with Gasteiger partial charge in [-0.15, -0.1) is 0 Å². The molecule has 0 saturated carbocycles. The van der Waals surface area contributed by atoms with Crippen molar-refractivity contribution in [3.63, 3.8) is 0 Å². The van der Waals surface area contributed by atoms with E-state index in [0.29, 0.717) is 17.7 Å². The van der Waals surface area contributed by atoms with Crippen molar-refractivity contribution >= 4 is 16.8 Å². The number of fused-ring (bicyclic) bond motifs is 1. The van der Waals surface area contributed by atoms with Gasteiger partial charge in [0, 0.05) is 24.7 Å². The van der Waals surface area contributed by atoms with Crippen molar-refractivity contribution in [2.24, 2.45) is 7.05 Å². The molecular formula is C15H14N2O2. The van der Waals surface area contributed by atoms with E-state index in [0.717, 1.165) is 10.9 Å². The van der Waals surface area contributed by atoms with E-state index in [2.05, 4.69) is 11.9 Å². The summed E-state index contributed by atoms with van der Waals surface area (Å²) < 4.78 is 1.60. The van der Waals surface area contributed by atoms with Crippen molar-refractivity contribution in [2.75, 3.05) is 0 Å². The van der Waals surface area contributed by atoms with Gasteiger partial charge in [-0.3, -0.25) is 9.59 Å². The second-order valence-corrected chi connectivity index (χ2v) is 4.87. The summed E-state index contributed by atoms with van der Waals surface area (Å²) in [5.41, 5.74) is 1.96. The van der Waals surface area contributed by atoms with Crippen molar-refractivity contribution in [3.05, 3.63) is 58.5 Å². The molecule has 1 unspecified atom stereocenters. The number of para-hydroxylation sites is 1. The van der Waals surface area contributed by atoms with Crippen LogP contribution in [0.1, 0.15) is 17.9 Å². The van der Waals surface area contributed by atoms with Gasteiger partial charge in [-0.25, -0.2) is 0 Å². The lowest BCUT2D eigenvalue weighted by molar-refractivity contribution is -0.120. The highest BCUT2D eigenvalue weighted by molar-refractivity contribution is 5.89. The van der Waals surface area contributed by atoms with Crippen LogP contribution in [-0.4, -0.2) is 10.5 Å². The van der Waals surface area contributed by atoms with E-state index in [4.69, 9.17) is 0 Å². The Balaban J connectivity index is 2.25. The molecule has 0 aliphatic carbocycles. The minimum Gasteiger partial charge on any atom is -0.330 e. The second kappa shape index (κ2) is 4.09. The summed E-state index contributed by atoms with van der Waals surface area (Å²) in [5, 5.41) is 3.64. The van der Waals surface area contributed by atoms with Crippen LogP contribution in [0.2, 0.25) is 0 Å². The Labute approximate surface area is 110 Å². The number of nitrogens with zero attached hydrogens (tertiary/aromatic N) is 1. The quantitative estimate of drug-likeness (QED) is 0.841. The minimum absolute atomic E-state index is 0.117. The lowest BCUT2D eigenvalue weighted by Crippen LogP contribution is -2.27. The zero-order valence-corrected chi connectivity index (χ0v) is 10.6. The third-order valence-corrected chi connectivity index (χ3v) is 3.60. The molecule has 4 heteroatoms. The third kappa shape index (κ3) is 1.76. The van der Waals surface area contributed by atoms with Gasteiger partial charge in [0.2, 0.25) is 5.91 Å². The number of hydrogen-bond acceptors (Lipinski definition) is 2. The molecule has 0 bridgehead atoms. The highest BCUT2D eigenvalue weighted by Gasteiger charge is 2.31. The van der Waals surface area contributed by atoms with E-state index in [1.165, 1.54) is 0 Å². The van der Waals surface area contributed by atoms with Gasteiger partial charge in [-0.2, -0.15) is 0 Å². The molecule has 96 valence electrons. The zero-order valence-electron chi connectivity index (χ0n) is 10.6. The van der Waals surface area contributed by atoms with Crippen LogP contribution in [0, 0.1) is 0 Å². The second-order valence-electron chi connectivity index (χ2n) is 4.87. The number of pyridine rings is 1. The topological polar surface area (TPSA) is 51.1 Å². The average Bonchev–Trinajstić information content (AvgIpc) is 2.73. The van der Waals surface area contributed by atoms with E-state index in [1.807, 2.05) is 30.3 Å². The maximum atomic E-state index is 12.4. The smallest absolute Gasteiger partial charge is 0.254 e. The molecule has 2 heterocycles. The SMILES string of the molecule is C=C1CC(c2cc3ccccc3n(C)c2=O)C(=O)N1. The first-order chi connectivity index (χ1) is 9.08. The maximum Gasteiger partial charge on any atom is 0.254 e. The van der Waals surface area contributed by atoms with Gasteiger partial charge >= 0.3 is 0 Å². The first-order valence-corrected chi connectivity index (χ1v) is 6.15. The molecule has 1 N–H and O–H groups in total. The van der Waals surface area contributed by atoms with E-state index in [-0.39, 0.29) is 11.5 Å². The Morgan fingerprint density at radius 2 is 2.05 bits per heavy atom. The number of hydrogen-bond donors (Lipinski definition) is 1. The first-order valence-electron chi connectivity index (χ1n) is 6.15. The van der Waals surface area contributed by atoms with Crippen molar-refractivity contribution in [3.8, 4) is 0 Å². The molecule has 1 fully saturated rings. The van der Waals surface area contributed by atoms with E-state index in [1.54, 1.807) is 11.6 Å². The first kappa shape index (κ1) is 11.7. The number of carbonyl (C=O) groups is 1. The lowest BCUT2D eigenvalue weighted by Gasteiger charge is -2.11. The molecule has 1 aromatic heterocycles. The summed E-state index contributed by atoms with van der Waals surface area (Å²) in [4.78, 5) is 24.2. The molecule has 1 saturated heterocycles. The van der Waals surface area contributed by atoms with Crippen LogP contribution in [-0.2, 0) is 11.8 Å². The van der Waals surface area contributed by atoms with Crippen LogP contribution in [0.4, 0.5) is 0 Å².